The Morgan fingerprint density at radius 3 is 2.85 bits per heavy atom. The molecule has 0 aliphatic heterocycles. The van der Waals surface area contributed by atoms with Gasteiger partial charge in [-0.2, -0.15) is 4.39 Å². The highest BCUT2D eigenvalue weighted by Gasteiger charge is 2.10. The Morgan fingerprint density at radius 2 is 2.38 bits per heavy atom. The van der Waals surface area contributed by atoms with Gasteiger partial charge >= 0.3 is 5.97 Å². The maximum atomic E-state index is 12.3. The molecule has 0 aliphatic carbocycles. The number of pyridine rings is 1. The lowest BCUT2D eigenvalue weighted by atomic mass is 10.1. The lowest BCUT2D eigenvalue weighted by Crippen LogP contribution is -2.15. The van der Waals surface area contributed by atoms with E-state index >= 15 is 0 Å². The Labute approximate surface area is 74.2 Å². The summed E-state index contributed by atoms with van der Waals surface area (Å²) in [6.45, 7) is 0. The van der Waals surface area contributed by atoms with Gasteiger partial charge in [0.05, 0.1) is 6.42 Å². The van der Waals surface area contributed by atoms with Crippen LogP contribution in [0.2, 0.25) is 0 Å². The first-order chi connectivity index (χ1) is 6.09. The van der Waals surface area contributed by atoms with Gasteiger partial charge in [-0.3, -0.25) is 4.79 Å². The fourth-order valence-corrected chi connectivity index (χ4v) is 0.913. The predicted octanol–water partition coefficient (Wildman–Crippen LogP) is 0.695. The van der Waals surface area contributed by atoms with Crippen molar-refractivity contribution < 1.29 is 14.3 Å². The maximum absolute atomic E-state index is 12.3. The number of halogens is 1. The van der Waals surface area contributed by atoms with Crippen molar-refractivity contribution in [1.82, 2.24) is 4.98 Å². The number of hydrogen-bond acceptors (Lipinski definition) is 3. The van der Waals surface area contributed by atoms with Crippen LogP contribution in [-0.4, -0.2) is 16.1 Å². The Hall–Kier alpha value is -1.49. The van der Waals surface area contributed by atoms with Crippen molar-refractivity contribution in [2.24, 2.45) is 5.73 Å². The normalized spacial score (nSPS) is 12.5. The molecule has 3 N–H and O–H groups in total. The van der Waals surface area contributed by atoms with Gasteiger partial charge in [-0.25, -0.2) is 4.98 Å². The summed E-state index contributed by atoms with van der Waals surface area (Å²) in [5.74, 6) is -1.59. The summed E-state index contributed by atoms with van der Waals surface area (Å²) in [6, 6.07) is 1.94. The van der Waals surface area contributed by atoms with E-state index in [4.69, 9.17) is 10.8 Å². The maximum Gasteiger partial charge on any atom is 0.305 e. The Bertz CT molecular complexity index is 300. The second kappa shape index (κ2) is 3.95. The SMILES string of the molecule is NC(CC(=O)O)c1ccc(F)nc1. The highest BCUT2D eigenvalue weighted by atomic mass is 19.1. The van der Waals surface area contributed by atoms with Crippen LogP contribution in [0.1, 0.15) is 18.0 Å². The van der Waals surface area contributed by atoms with Gasteiger partial charge < -0.3 is 10.8 Å². The molecule has 1 aromatic heterocycles. The molecule has 1 heterocycles. The highest BCUT2D eigenvalue weighted by molar-refractivity contribution is 5.67. The van der Waals surface area contributed by atoms with Crippen LogP contribution >= 0.6 is 0 Å². The Kier molecular flexibility index (Phi) is 2.92. The fraction of sp³-hybridized carbons (Fsp3) is 0.250. The summed E-state index contributed by atoms with van der Waals surface area (Å²) in [5.41, 5.74) is 6.02. The van der Waals surface area contributed by atoms with Crippen molar-refractivity contribution in [3.05, 3.63) is 29.8 Å². The average molecular weight is 184 g/mol. The van der Waals surface area contributed by atoms with Gasteiger partial charge in [-0.1, -0.05) is 6.07 Å². The molecule has 0 amide bonds. The fourth-order valence-electron chi connectivity index (χ4n) is 0.913. The monoisotopic (exact) mass is 184 g/mol. The van der Waals surface area contributed by atoms with E-state index in [0.29, 0.717) is 5.56 Å². The smallest absolute Gasteiger partial charge is 0.305 e. The van der Waals surface area contributed by atoms with Crippen molar-refractivity contribution in [3.63, 3.8) is 0 Å². The molecule has 1 atom stereocenters. The average Bonchev–Trinajstić information content (AvgIpc) is 2.04. The molecule has 0 aromatic carbocycles. The van der Waals surface area contributed by atoms with E-state index in [2.05, 4.69) is 4.98 Å². The third-order valence-corrected chi connectivity index (χ3v) is 1.57. The first-order valence-electron chi connectivity index (χ1n) is 3.68. The van der Waals surface area contributed by atoms with Crippen LogP contribution in [0.5, 0.6) is 0 Å². The van der Waals surface area contributed by atoms with Gasteiger partial charge in [0.2, 0.25) is 5.95 Å². The minimum absolute atomic E-state index is 0.187. The van der Waals surface area contributed by atoms with Crippen molar-refractivity contribution in [3.8, 4) is 0 Å². The van der Waals surface area contributed by atoms with E-state index in [1.165, 1.54) is 12.3 Å². The minimum Gasteiger partial charge on any atom is -0.481 e. The van der Waals surface area contributed by atoms with E-state index in [1.807, 2.05) is 0 Å². The van der Waals surface area contributed by atoms with Crippen molar-refractivity contribution in [2.75, 3.05) is 0 Å². The van der Waals surface area contributed by atoms with E-state index in [0.717, 1.165) is 6.07 Å². The van der Waals surface area contributed by atoms with Crippen LogP contribution < -0.4 is 5.73 Å². The topological polar surface area (TPSA) is 76.2 Å². The summed E-state index contributed by atoms with van der Waals surface area (Å²) in [4.78, 5) is 13.6. The molecule has 0 spiro atoms. The first kappa shape index (κ1) is 9.60. The number of carboxylic acid groups (broad SMARTS) is 1. The molecule has 1 aromatic rings. The summed E-state index contributed by atoms with van der Waals surface area (Å²) < 4.78 is 12.3. The molecular formula is C8H9FN2O2. The second-order valence-electron chi connectivity index (χ2n) is 2.62. The van der Waals surface area contributed by atoms with E-state index in [-0.39, 0.29) is 6.42 Å². The van der Waals surface area contributed by atoms with Gasteiger partial charge in [-0.15, -0.1) is 0 Å². The zero-order chi connectivity index (χ0) is 9.84. The molecule has 0 radical (unpaired) electrons. The molecule has 0 bridgehead atoms. The van der Waals surface area contributed by atoms with E-state index in [9.17, 15) is 9.18 Å². The number of carbonyl (C=O) groups is 1. The first-order valence-corrected chi connectivity index (χ1v) is 3.68. The van der Waals surface area contributed by atoms with E-state index < -0.39 is 18.0 Å². The molecule has 0 aliphatic rings. The van der Waals surface area contributed by atoms with Crippen LogP contribution in [-0.2, 0) is 4.79 Å². The predicted molar refractivity (Wildman–Crippen MR) is 43.4 cm³/mol. The third-order valence-electron chi connectivity index (χ3n) is 1.57. The van der Waals surface area contributed by atoms with Gasteiger partial charge in [0.1, 0.15) is 0 Å². The molecular weight excluding hydrogens is 175 g/mol. The summed E-state index contributed by atoms with van der Waals surface area (Å²) in [5, 5.41) is 8.43. The summed E-state index contributed by atoms with van der Waals surface area (Å²) in [6.07, 6.45) is 1.05. The zero-order valence-electron chi connectivity index (χ0n) is 6.77. The summed E-state index contributed by atoms with van der Waals surface area (Å²) in [7, 11) is 0. The molecule has 0 saturated carbocycles. The van der Waals surface area contributed by atoms with Crippen molar-refractivity contribution >= 4 is 5.97 Å². The van der Waals surface area contributed by atoms with Gasteiger partial charge in [0, 0.05) is 12.2 Å². The summed E-state index contributed by atoms with van der Waals surface area (Å²) >= 11 is 0. The van der Waals surface area contributed by atoms with E-state index in [1.54, 1.807) is 0 Å². The quantitative estimate of drug-likeness (QED) is 0.678. The number of hydrogen-bond donors (Lipinski definition) is 2. The highest BCUT2D eigenvalue weighted by Crippen LogP contribution is 2.12. The van der Waals surface area contributed by atoms with Crippen LogP contribution in [0.3, 0.4) is 0 Å². The van der Waals surface area contributed by atoms with Gasteiger partial charge in [0.25, 0.3) is 0 Å². The zero-order valence-corrected chi connectivity index (χ0v) is 6.77. The molecule has 1 rings (SSSR count). The molecule has 0 fully saturated rings. The number of rotatable bonds is 3. The van der Waals surface area contributed by atoms with Crippen LogP contribution in [0.15, 0.2) is 18.3 Å². The minimum atomic E-state index is -0.989. The largest absolute Gasteiger partial charge is 0.481 e. The van der Waals surface area contributed by atoms with Crippen molar-refractivity contribution in [1.29, 1.82) is 0 Å². The standard InChI is InChI=1S/C8H9FN2O2/c9-7-2-1-5(4-11-7)6(10)3-8(12)13/h1-2,4,6H,3,10H2,(H,12,13). The molecule has 4 nitrogen and oxygen atoms in total. The van der Waals surface area contributed by atoms with Gasteiger partial charge in [-0.05, 0) is 11.6 Å². The lowest BCUT2D eigenvalue weighted by molar-refractivity contribution is -0.137. The molecule has 13 heavy (non-hydrogen) atoms. The molecule has 5 heteroatoms. The van der Waals surface area contributed by atoms with Crippen LogP contribution in [0, 0.1) is 5.95 Å². The van der Waals surface area contributed by atoms with Crippen LogP contribution in [0.4, 0.5) is 4.39 Å². The Balaban J connectivity index is 2.71. The second-order valence-corrected chi connectivity index (χ2v) is 2.62. The number of nitrogens with two attached hydrogens (primary N) is 1. The number of aromatic nitrogens is 1. The van der Waals surface area contributed by atoms with Crippen LogP contribution in [0.25, 0.3) is 0 Å². The molecule has 70 valence electrons. The number of aliphatic carboxylic acids is 1. The molecule has 0 saturated heterocycles. The van der Waals surface area contributed by atoms with Crippen molar-refractivity contribution in [2.45, 2.75) is 12.5 Å². The number of nitrogens with zero attached hydrogens (tertiary/aromatic N) is 1. The Morgan fingerprint density at radius 1 is 1.69 bits per heavy atom. The lowest BCUT2D eigenvalue weighted by Gasteiger charge is -2.07. The number of carboxylic acids is 1. The molecule has 1 unspecified atom stereocenters. The van der Waals surface area contributed by atoms with Gasteiger partial charge in [0.15, 0.2) is 0 Å². The third kappa shape index (κ3) is 2.79.